The third kappa shape index (κ3) is 5.01. The Morgan fingerprint density at radius 1 is 1.17 bits per heavy atom. The first-order valence-corrected chi connectivity index (χ1v) is 9.77. The number of piperazine rings is 1. The third-order valence-electron chi connectivity index (χ3n) is 4.56. The zero-order chi connectivity index (χ0) is 17.0. The highest BCUT2D eigenvalue weighted by Crippen LogP contribution is 2.15. The number of hydrogen-bond acceptors (Lipinski definition) is 4. The summed E-state index contributed by atoms with van der Waals surface area (Å²) in [6.45, 7) is 10.7. The van der Waals surface area contributed by atoms with Gasteiger partial charge < -0.3 is 4.90 Å². The van der Waals surface area contributed by atoms with Crippen molar-refractivity contribution in [1.29, 1.82) is 0 Å². The lowest BCUT2D eigenvalue weighted by Gasteiger charge is -2.39. The minimum absolute atomic E-state index is 0.225. The number of likely N-dealkylation sites (N-methyl/N-ethyl adjacent to an activating group) is 1. The van der Waals surface area contributed by atoms with Crippen molar-refractivity contribution in [1.82, 2.24) is 14.5 Å². The summed E-state index contributed by atoms with van der Waals surface area (Å²) in [5, 5.41) is 0. The van der Waals surface area contributed by atoms with E-state index in [4.69, 9.17) is 0 Å². The fourth-order valence-corrected chi connectivity index (χ4v) is 4.16. The highest BCUT2D eigenvalue weighted by Gasteiger charge is 2.26. The van der Waals surface area contributed by atoms with Crippen molar-refractivity contribution in [2.75, 3.05) is 39.8 Å². The van der Waals surface area contributed by atoms with Gasteiger partial charge in [0, 0.05) is 38.8 Å². The van der Waals surface area contributed by atoms with E-state index in [1.807, 2.05) is 13.0 Å². The lowest BCUT2D eigenvalue weighted by atomic mass is 10.0. The molecule has 1 saturated heterocycles. The molecule has 1 heterocycles. The molecule has 0 spiro atoms. The molecule has 0 radical (unpaired) electrons. The van der Waals surface area contributed by atoms with Gasteiger partial charge in [0.15, 0.2) is 0 Å². The Bertz CT molecular complexity index is 608. The van der Waals surface area contributed by atoms with Crippen LogP contribution in [0.25, 0.3) is 0 Å². The molecule has 0 saturated carbocycles. The molecular formula is C17H29N3O2S. The SMILES string of the molecule is Cc1cccc(S(=O)(=O)NCC(C(C)C)N2CCN(C)CC2)c1. The van der Waals surface area contributed by atoms with Gasteiger partial charge in [-0.3, -0.25) is 4.90 Å². The van der Waals surface area contributed by atoms with Crippen LogP contribution in [-0.4, -0.2) is 64.0 Å². The molecule has 0 aromatic heterocycles. The maximum absolute atomic E-state index is 12.5. The molecule has 1 aromatic rings. The minimum atomic E-state index is -3.45. The molecule has 0 aliphatic carbocycles. The normalized spacial score (nSPS) is 19.2. The van der Waals surface area contributed by atoms with Crippen molar-refractivity contribution in [3.05, 3.63) is 29.8 Å². The van der Waals surface area contributed by atoms with Crippen molar-refractivity contribution >= 4 is 10.0 Å². The zero-order valence-corrected chi connectivity index (χ0v) is 15.4. The fourth-order valence-electron chi connectivity index (χ4n) is 3.00. The summed E-state index contributed by atoms with van der Waals surface area (Å²) >= 11 is 0. The van der Waals surface area contributed by atoms with Crippen molar-refractivity contribution in [3.8, 4) is 0 Å². The van der Waals surface area contributed by atoms with Crippen molar-refractivity contribution in [2.45, 2.75) is 31.7 Å². The largest absolute Gasteiger partial charge is 0.304 e. The number of hydrogen-bond donors (Lipinski definition) is 1. The van der Waals surface area contributed by atoms with Gasteiger partial charge in [0.1, 0.15) is 0 Å². The van der Waals surface area contributed by atoms with Gasteiger partial charge in [0.05, 0.1) is 4.90 Å². The Morgan fingerprint density at radius 2 is 1.83 bits per heavy atom. The van der Waals surface area contributed by atoms with Gasteiger partial charge in [-0.25, -0.2) is 13.1 Å². The predicted octanol–water partition coefficient (Wildman–Crippen LogP) is 1.55. The summed E-state index contributed by atoms with van der Waals surface area (Å²) in [7, 11) is -1.32. The average Bonchev–Trinajstić information content (AvgIpc) is 2.49. The van der Waals surface area contributed by atoms with Gasteiger partial charge in [0.2, 0.25) is 10.0 Å². The summed E-state index contributed by atoms with van der Waals surface area (Å²) in [5.74, 6) is 0.401. The third-order valence-corrected chi connectivity index (χ3v) is 5.98. The van der Waals surface area contributed by atoms with Crippen molar-refractivity contribution in [3.63, 3.8) is 0 Å². The van der Waals surface area contributed by atoms with Crippen LogP contribution in [0.15, 0.2) is 29.2 Å². The summed E-state index contributed by atoms with van der Waals surface area (Å²) < 4.78 is 27.8. The number of aryl methyl sites for hydroxylation is 1. The smallest absolute Gasteiger partial charge is 0.240 e. The van der Waals surface area contributed by atoms with Gasteiger partial charge in [-0.1, -0.05) is 26.0 Å². The molecule has 0 bridgehead atoms. The minimum Gasteiger partial charge on any atom is -0.304 e. The topological polar surface area (TPSA) is 52.7 Å². The van der Waals surface area contributed by atoms with Crippen LogP contribution in [-0.2, 0) is 10.0 Å². The summed E-state index contributed by atoms with van der Waals surface area (Å²) in [5.41, 5.74) is 0.951. The zero-order valence-electron chi connectivity index (χ0n) is 14.6. The van der Waals surface area contributed by atoms with E-state index in [1.54, 1.807) is 18.2 Å². The van der Waals surface area contributed by atoms with E-state index >= 15 is 0 Å². The molecule has 1 N–H and O–H groups in total. The second-order valence-corrected chi connectivity index (χ2v) is 8.59. The van der Waals surface area contributed by atoms with Crippen LogP contribution in [0.4, 0.5) is 0 Å². The number of sulfonamides is 1. The first kappa shape index (κ1) is 18.4. The van der Waals surface area contributed by atoms with Crippen LogP contribution in [0.1, 0.15) is 19.4 Å². The van der Waals surface area contributed by atoms with Gasteiger partial charge >= 0.3 is 0 Å². The van der Waals surface area contributed by atoms with Gasteiger partial charge in [-0.2, -0.15) is 0 Å². The van der Waals surface area contributed by atoms with E-state index in [2.05, 4.69) is 35.4 Å². The molecule has 5 nitrogen and oxygen atoms in total. The van der Waals surface area contributed by atoms with E-state index < -0.39 is 10.0 Å². The lowest BCUT2D eigenvalue weighted by molar-refractivity contribution is 0.0905. The molecular weight excluding hydrogens is 310 g/mol. The lowest BCUT2D eigenvalue weighted by Crippen LogP contribution is -2.54. The van der Waals surface area contributed by atoms with E-state index in [-0.39, 0.29) is 6.04 Å². The second-order valence-electron chi connectivity index (χ2n) is 6.82. The fraction of sp³-hybridized carbons (Fsp3) is 0.647. The maximum Gasteiger partial charge on any atom is 0.240 e. The standard InChI is InChI=1S/C17H29N3O2S/c1-14(2)17(20-10-8-19(4)9-11-20)13-18-23(21,22)16-7-5-6-15(3)12-16/h5-7,12,14,17-18H,8-11,13H2,1-4H3. The molecule has 23 heavy (non-hydrogen) atoms. The highest BCUT2D eigenvalue weighted by molar-refractivity contribution is 7.89. The first-order valence-electron chi connectivity index (χ1n) is 8.28. The van der Waals surface area contributed by atoms with Crippen molar-refractivity contribution < 1.29 is 8.42 Å². The first-order chi connectivity index (χ1) is 10.8. The van der Waals surface area contributed by atoms with Crippen LogP contribution >= 0.6 is 0 Å². The molecule has 6 heteroatoms. The highest BCUT2D eigenvalue weighted by atomic mass is 32.2. The molecule has 1 aromatic carbocycles. The number of nitrogens with one attached hydrogen (secondary N) is 1. The van der Waals surface area contributed by atoms with Crippen LogP contribution in [0, 0.1) is 12.8 Å². The Morgan fingerprint density at radius 3 is 2.39 bits per heavy atom. The van der Waals surface area contributed by atoms with Crippen LogP contribution < -0.4 is 4.72 Å². The average molecular weight is 340 g/mol. The van der Waals surface area contributed by atoms with E-state index in [0.29, 0.717) is 17.4 Å². The maximum atomic E-state index is 12.5. The van der Waals surface area contributed by atoms with E-state index in [9.17, 15) is 8.42 Å². The molecule has 1 unspecified atom stereocenters. The van der Waals surface area contributed by atoms with Crippen LogP contribution in [0.5, 0.6) is 0 Å². The van der Waals surface area contributed by atoms with Gasteiger partial charge in [-0.15, -0.1) is 0 Å². The van der Waals surface area contributed by atoms with E-state index in [1.165, 1.54) is 0 Å². The molecule has 1 fully saturated rings. The number of benzene rings is 1. The number of nitrogens with zero attached hydrogens (tertiary/aromatic N) is 2. The predicted molar refractivity (Wildman–Crippen MR) is 94.1 cm³/mol. The Labute approximate surface area is 140 Å². The van der Waals surface area contributed by atoms with Crippen molar-refractivity contribution in [2.24, 2.45) is 5.92 Å². The summed E-state index contributed by atoms with van der Waals surface area (Å²) in [6, 6.07) is 7.27. The van der Waals surface area contributed by atoms with Crippen LogP contribution in [0.2, 0.25) is 0 Å². The molecule has 130 valence electrons. The second kappa shape index (κ2) is 7.75. The van der Waals surface area contributed by atoms with Crippen LogP contribution in [0.3, 0.4) is 0 Å². The molecule has 1 atom stereocenters. The number of rotatable bonds is 6. The van der Waals surface area contributed by atoms with Gasteiger partial charge in [0.25, 0.3) is 0 Å². The summed E-state index contributed by atoms with van der Waals surface area (Å²) in [6.07, 6.45) is 0. The Hall–Kier alpha value is -0.950. The quantitative estimate of drug-likeness (QED) is 0.854. The Balaban J connectivity index is 2.03. The Kier molecular flexibility index (Phi) is 6.19. The molecule has 1 aliphatic rings. The monoisotopic (exact) mass is 339 g/mol. The van der Waals surface area contributed by atoms with E-state index in [0.717, 1.165) is 31.7 Å². The molecule has 0 amide bonds. The summed E-state index contributed by atoms with van der Waals surface area (Å²) in [4.78, 5) is 5.06. The molecule has 1 aliphatic heterocycles. The van der Waals surface area contributed by atoms with Gasteiger partial charge in [-0.05, 0) is 37.6 Å². The molecule has 2 rings (SSSR count).